The SMILES string of the molecule is OP(O)(=S)OCc1cccnc1. The Bertz CT molecular complexity index is 286. The molecule has 0 saturated carbocycles. The molecule has 2 N–H and O–H groups in total. The van der Waals surface area contributed by atoms with E-state index in [4.69, 9.17) is 9.79 Å². The summed E-state index contributed by atoms with van der Waals surface area (Å²) in [4.78, 5) is 21.3. The summed E-state index contributed by atoms with van der Waals surface area (Å²) in [7, 11) is 0. The van der Waals surface area contributed by atoms with Crippen LogP contribution in [0.15, 0.2) is 24.5 Å². The highest BCUT2D eigenvalue weighted by molar-refractivity contribution is 8.06. The van der Waals surface area contributed by atoms with E-state index in [2.05, 4.69) is 21.3 Å². The topological polar surface area (TPSA) is 62.6 Å². The van der Waals surface area contributed by atoms with Crippen LogP contribution in [0.1, 0.15) is 5.56 Å². The predicted octanol–water partition coefficient (Wildman–Crippen LogP) is 0.807. The van der Waals surface area contributed by atoms with Gasteiger partial charge in [-0.25, -0.2) is 0 Å². The molecule has 1 aromatic rings. The predicted molar refractivity (Wildman–Crippen MR) is 47.7 cm³/mol. The molecule has 0 bridgehead atoms. The fourth-order valence-corrected chi connectivity index (χ4v) is 1.12. The van der Waals surface area contributed by atoms with Gasteiger partial charge in [0.1, 0.15) is 0 Å². The van der Waals surface area contributed by atoms with Crippen molar-refractivity contribution in [1.29, 1.82) is 0 Å². The van der Waals surface area contributed by atoms with Crippen LogP contribution in [0.25, 0.3) is 0 Å². The number of rotatable bonds is 3. The van der Waals surface area contributed by atoms with Crippen molar-refractivity contribution in [2.45, 2.75) is 6.61 Å². The van der Waals surface area contributed by atoms with E-state index in [9.17, 15) is 0 Å². The molecule has 0 unspecified atom stereocenters. The lowest BCUT2D eigenvalue weighted by Crippen LogP contribution is -1.90. The van der Waals surface area contributed by atoms with Gasteiger partial charge in [-0.2, -0.15) is 0 Å². The Balaban J connectivity index is 2.50. The van der Waals surface area contributed by atoms with Gasteiger partial charge in [-0.15, -0.1) is 0 Å². The van der Waals surface area contributed by atoms with Crippen molar-refractivity contribution in [3.63, 3.8) is 0 Å². The average Bonchev–Trinajstić information content (AvgIpc) is 2.02. The van der Waals surface area contributed by atoms with E-state index in [1.54, 1.807) is 24.5 Å². The number of hydrogen-bond acceptors (Lipinski definition) is 3. The van der Waals surface area contributed by atoms with E-state index in [0.717, 1.165) is 5.56 Å². The summed E-state index contributed by atoms with van der Waals surface area (Å²) in [5.41, 5.74) is 0.759. The van der Waals surface area contributed by atoms with Crippen molar-refractivity contribution in [3.8, 4) is 0 Å². The lowest BCUT2D eigenvalue weighted by atomic mass is 10.3. The Morgan fingerprint density at radius 2 is 2.33 bits per heavy atom. The number of pyridine rings is 1. The van der Waals surface area contributed by atoms with Crippen molar-refractivity contribution < 1.29 is 14.3 Å². The van der Waals surface area contributed by atoms with Crippen LogP contribution in [0.3, 0.4) is 0 Å². The summed E-state index contributed by atoms with van der Waals surface area (Å²) in [5.74, 6) is 0. The summed E-state index contributed by atoms with van der Waals surface area (Å²) in [6.07, 6.45) is 3.20. The van der Waals surface area contributed by atoms with Crippen LogP contribution in [0.4, 0.5) is 0 Å². The number of nitrogens with zero attached hydrogens (tertiary/aromatic N) is 1. The third kappa shape index (κ3) is 3.90. The van der Waals surface area contributed by atoms with Crippen LogP contribution >= 0.6 is 6.72 Å². The first-order valence-electron chi connectivity index (χ1n) is 3.17. The van der Waals surface area contributed by atoms with E-state index in [1.807, 2.05) is 0 Å². The molecule has 1 rings (SSSR count). The Kier molecular flexibility index (Phi) is 3.31. The van der Waals surface area contributed by atoms with E-state index in [1.165, 1.54) is 0 Å². The summed E-state index contributed by atoms with van der Waals surface area (Å²) < 4.78 is 4.61. The van der Waals surface area contributed by atoms with Crippen LogP contribution in [-0.4, -0.2) is 14.8 Å². The molecule has 12 heavy (non-hydrogen) atoms. The van der Waals surface area contributed by atoms with Gasteiger partial charge in [0.15, 0.2) is 0 Å². The van der Waals surface area contributed by atoms with Gasteiger partial charge >= 0.3 is 6.72 Å². The highest BCUT2D eigenvalue weighted by Gasteiger charge is 2.07. The monoisotopic (exact) mass is 205 g/mol. The van der Waals surface area contributed by atoms with Crippen LogP contribution in [0.2, 0.25) is 0 Å². The molecule has 0 aliphatic carbocycles. The molecule has 66 valence electrons. The molecule has 0 fully saturated rings. The van der Waals surface area contributed by atoms with Crippen molar-refractivity contribution in [1.82, 2.24) is 4.98 Å². The van der Waals surface area contributed by atoms with Crippen LogP contribution in [-0.2, 0) is 22.9 Å². The molecule has 0 saturated heterocycles. The molecule has 0 aromatic carbocycles. The maximum atomic E-state index is 8.72. The zero-order chi connectivity index (χ0) is 9.03. The van der Waals surface area contributed by atoms with Crippen LogP contribution in [0.5, 0.6) is 0 Å². The van der Waals surface area contributed by atoms with Gasteiger partial charge in [-0.3, -0.25) is 4.98 Å². The van der Waals surface area contributed by atoms with E-state index < -0.39 is 6.72 Å². The van der Waals surface area contributed by atoms with Crippen LogP contribution in [0, 0.1) is 0 Å². The first-order valence-corrected chi connectivity index (χ1v) is 5.79. The van der Waals surface area contributed by atoms with Crippen molar-refractivity contribution in [2.24, 2.45) is 0 Å². The average molecular weight is 205 g/mol. The fraction of sp³-hybridized carbons (Fsp3) is 0.167. The third-order valence-electron chi connectivity index (χ3n) is 1.12. The molecule has 0 radical (unpaired) electrons. The second-order valence-electron chi connectivity index (χ2n) is 2.13. The quantitative estimate of drug-likeness (QED) is 0.715. The van der Waals surface area contributed by atoms with Gasteiger partial charge in [0.25, 0.3) is 0 Å². The molecule has 0 atom stereocenters. The fourth-order valence-electron chi connectivity index (χ4n) is 0.642. The highest BCUT2D eigenvalue weighted by Crippen LogP contribution is 2.37. The largest absolute Gasteiger partial charge is 0.325 e. The van der Waals surface area contributed by atoms with Gasteiger partial charge in [0.2, 0.25) is 0 Å². The molecular weight excluding hydrogens is 197 g/mol. The van der Waals surface area contributed by atoms with Crippen molar-refractivity contribution >= 4 is 18.5 Å². The molecule has 0 amide bonds. The Hall–Kier alpha value is -0.320. The van der Waals surface area contributed by atoms with Gasteiger partial charge < -0.3 is 14.3 Å². The van der Waals surface area contributed by atoms with Gasteiger partial charge in [0.05, 0.1) is 6.61 Å². The maximum Gasteiger partial charge on any atom is 0.322 e. The van der Waals surface area contributed by atoms with Crippen molar-refractivity contribution in [3.05, 3.63) is 30.1 Å². The smallest absolute Gasteiger partial charge is 0.322 e. The second kappa shape index (κ2) is 4.07. The normalized spacial score (nSPS) is 11.5. The first kappa shape index (κ1) is 9.77. The minimum absolute atomic E-state index is 0.0815. The van der Waals surface area contributed by atoms with Gasteiger partial charge in [0, 0.05) is 12.4 Å². The Morgan fingerprint density at radius 3 is 2.83 bits per heavy atom. The molecule has 4 nitrogen and oxygen atoms in total. The van der Waals surface area contributed by atoms with E-state index in [-0.39, 0.29) is 6.61 Å². The Morgan fingerprint density at radius 1 is 1.58 bits per heavy atom. The molecule has 0 aliphatic rings. The summed E-state index contributed by atoms with van der Waals surface area (Å²) in [6, 6.07) is 3.49. The lowest BCUT2D eigenvalue weighted by molar-refractivity contribution is 0.242. The van der Waals surface area contributed by atoms with Crippen molar-refractivity contribution in [2.75, 3.05) is 0 Å². The molecule has 0 spiro atoms. The second-order valence-corrected chi connectivity index (χ2v) is 4.79. The molecule has 6 heteroatoms. The van der Waals surface area contributed by atoms with Gasteiger partial charge in [-0.05, 0) is 23.4 Å². The standard InChI is InChI=1S/C6H8NO3PS/c8-11(9,12)10-5-6-2-1-3-7-4-6/h1-4H,5H2,(H2,8,9,12). The summed E-state index contributed by atoms with van der Waals surface area (Å²) in [6.45, 7) is -3.44. The third-order valence-corrected chi connectivity index (χ3v) is 1.90. The minimum atomic E-state index is -3.53. The molecule has 0 aliphatic heterocycles. The summed E-state index contributed by atoms with van der Waals surface area (Å²) >= 11 is 4.26. The molecule has 1 aromatic heterocycles. The minimum Gasteiger partial charge on any atom is -0.325 e. The molecular formula is C6H8NO3PS. The van der Waals surface area contributed by atoms with E-state index in [0.29, 0.717) is 0 Å². The van der Waals surface area contributed by atoms with Gasteiger partial charge in [-0.1, -0.05) is 6.07 Å². The number of aromatic nitrogens is 1. The zero-order valence-corrected chi connectivity index (χ0v) is 7.83. The zero-order valence-electron chi connectivity index (χ0n) is 6.12. The first-order chi connectivity index (χ1) is 5.58. The highest BCUT2D eigenvalue weighted by atomic mass is 32.5. The number of hydrogen-bond donors (Lipinski definition) is 2. The summed E-state index contributed by atoms with van der Waals surface area (Å²) in [5, 5.41) is 0. The Labute approximate surface area is 75.1 Å². The van der Waals surface area contributed by atoms with E-state index >= 15 is 0 Å². The molecule has 1 heterocycles. The lowest BCUT2D eigenvalue weighted by Gasteiger charge is -2.07. The maximum absolute atomic E-state index is 8.72. The van der Waals surface area contributed by atoms with Crippen LogP contribution < -0.4 is 0 Å².